The van der Waals surface area contributed by atoms with Crippen molar-refractivity contribution in [1.29, 1.82) is 1.12 Å². The molecule has 0 aromatic heterocycles. The molecule has 5 heteroatoms. The van der Waals surface area contributed by atoms with E-state index in [-0.39, 0.29) is 18.2 Å². The van der Waals surface area contributed by atoms with E-state index < -0.39 is 5.25 Å². The third-order valence-electron chi connectivity index (χ3n) is 2.26. The van der Waals surface area contributed by atoms with Crippen LogP contribution in [0.5, 0.6) is 0 Å². The molecular weight excluding hydrogens is 200 g/mol. The average Bonchev–Trinajstić information content (AvgIpc) is 2.50. The fourth-order valence-corrected chi connectivity index (χ4v) is 1.73. The third kappa shape index (κ3) is 2.72. The SMILES string of the molecule is [2H]SC1CC(=O)N(CCCCNC)C1=O. The first kappa shape index (κ1) is 9.98. The summed E-state index contributed by atoms with van der Waals surface area (Å²) in [4.78, 5) is 24.3. The highest BCUT2D eigenvalue weighted by Gasteiger charge is 2.35. The number of rotatable bonds is 6. The van der Waals surface area contributed by atoms with Gasteiger partial charge in [0.25, 0.3) is 0 Å². The molecule has 1 atom stereocenters. The standard InChI is InChI=1S/C9H16N2O2S/c1-10-4-2-3-5-11-8(12)6-7(14)9(11)13/h7,10,14H,2-6H2,1H3/i/hD. The van der Waals surface area contributed by atoms with Gasteiger partial charge in [0.05, 0.1) is 5.25 Å². The van der Waals surface area contributed by atoms with E-state index in [4.69, 9.17) is 1.12 Å². The van der Waals surface area contributed by atoms with Gasteiger partial charge in [-0.05, 0) is 26.4 Å². The van der Waals surface area contributed by atoms with Crippen molar-refractivity contribution in [2.24, 2.45) is 0 Å². The number of nitrogens with zero attached hydrogens (tertiary/aromatic N) is 1. The Hall–Kier alpha value is -0.550. The van der Waals surface area contributed by atoms with E-state index in [1.54, 1.807) is 0 Å². The minimum absolute atomic E-state index is 0.130. The monoisotopic (exact) mass is 217 g/mol. The number of hydrogen-bond donors (Lipinski definition) is 2. The van der Waals surface area contributed by atoms with Crippen molar-refractivity contribution >= 4 is 24.3 Å². The van der Waals surface area contributed by atoms with Gasteiger partial charge in [0.2, 0.25) is 11.8 Å². The van der Waals surface area contributed by atoms with Crippen LogP contribution in [0.3, 0.4) is 0 Å². The van der Waals surface area contributed by atoms with Crippen molar-refractivity contribution in [2.45, 2.75) is 24.5 Å². The molecule has 14 heavy (non-hydrogen) atoms. The highest BCUT2D eigenvalue weighted by Crippen LogP contribution is 2.17. The van der Waals surface area contributed by atoms with Gasteiger partial charge in [0.1, 0.15) is 1.12 Å². The van der Waals surface area contributed by atoms with Crippen LogP contribution in [0.15, 0.2) is 0 Å². The molecule has 1 saturated heterocycles. The maximum absolute atomic E-state index is 11.6. The van der Waals surface area contributed by atoms with Gasteiger partial charge in [-0.25, -0.2) is 0 Å². The first-order valence-corrected chi connectivity index (χ1v) is 5.28. The molecule has 0 aromatic rings. The molecule has 1 fully saturated rings. The van der Waals surface area contributed by atoms with Gasteiger partial charge in [-0.2, -0.15) is 12.5 Å². The first-order valence-electron chi connectivity index (χ1n) is 5.22. The van der Waals surface area contributed by atoms with Gasteiger partial charge in [-0.15, -0.1) is 0 Å². The van der Waals surface area contributed by atoms with Gasteiger partial charge in [0, 0.05) is 13.0 Å². The van der Waals surface area contributed by atoms with E-state index in [1.807, 2.05) is 7.05 Å². The summed E-state index contributed by atoms with van der Waals surface area (Å²) in [6.45, 7) is 1.39. The zero-order valence-electron chi connectivity index (χ0n) is 9.28. The number of hydrogen-bond acceptors (Lipinski definition) is 4. The highest BCUT2D eigenvalue weighted by molar-refractivity contribution is 7.81. The van der Waals surface area contributed by atoms with E-state index >= 15 is 0 Å². The van der Waals surface area contributed by atoms with Crippen molar-refractivity contribution in [3.8, 4) is 0 Å². The van der Waals surface area contributed by atoms with Crippen LogP contribution >= 0.6 is 12.5 Å². The fourth-order valence-electron chi connectivity index (χ4n) is 1.46. The number of thiol groups is 1. The predicted octanol–water partition coefficient (Wildman–Crippen LogP) is 0.0433. The molecule has 1 unspecified atom stereocenters. The van der Waals surface area contributed by atoms with Crippen LogP contribution in [-0.4, -0.2) is 43.2 Å². The lowest BCUT2D eigenvalue weighted by Gasteiger charge is -2.13. The minimum atomic E-state index is -0.471. The van der Waals surface area contributed by atoms with Crippen LogP contribution in [0, 0.1) is 0 Å². The van der Waals surface area contributed by atoms with Crippen molar-refractivity contribution in [3.63, 3.8) is 0 Å². The summed E-state index contributed by atoms with van der Waals surface area (Å²) in [5, 5.41) is 2.54. The molecule has 0 aliphatic carbocycles. The van der Waals surface area contributed by atoms with Gasteiger partial charge in [-0.1, -0.05) is 0 Å². The van der Waals surface area contributed by atoms with Crippen LogP contribution < -0.4 is 5.32 Å². The Kier molecular flexibility index (Phi) is 3.82. The van der Waals surface area contributed by atoms with E-state index in [2.05, 4.69) is 5.32 Å². The molecule has 1 heterocycles. The van der Waals surface area contributed by atoms with Crippen LogP contribution in [-0.2, 0) is 9.59 Å². The second-order valence-corrected chi connectivity index (χ2v) is 3.96. The molecule has 2 amide bonds. The average molecular weight is 217 g/mol. The van der Waals surface area contributed by atoms with E-state index in [9.17, 15) is 9.59 Å². The summed E-state index contributed by atoms with van der Waals surface area (Å²) < 4.78 is 7.06. The Bertz CT molecular complexity index is 250. The molecule has 0 bridgehead atoms. The molecule has 0 radical (unpaired) electrons. The smallest absolute Gasteiger partial charge is 0.242 e. The molecule has 1 aliphatic heterocycles. The Labute approximate surface area is 90.5 Å². The van der Waals surface area contributed by atoms with Crippen molar-refractivity contribution in [2.75, 3.05) is 20.1 Å². The summed E-state index contributed by atoms with van der Waals surface area (Å²) in [7, 11) is 1.87. The molecule has 0 spiro atoms. The Balaban J connectivity index is 2.34. The topological polar surface area (TPSA) is 49.4 Å². The Morgan fingerprint density at radius 2 is 2.43 bits per heavy atom. The van der Waals surface area contributed by atoms with Crippen molar-refractivity contribution in [1.82, 2.24) is 10.2 Å². The summed E-state index contributed by atoms with van der Waals surface area (Å²) in [5.41, 5.74) is 0. The summed E-state index contributed by atoms with van der Waals surface area (Å²) in [6, 6.07) is 0. The number of unbranched alkanes of at least 4 members (excludes halogenated alkanes) is 1. The van der Waals surface area contributed by atoms with Gasteiger partial charge in [-0.3, -0.25) is 14.5 Å². The van der Waals surface area contributed by atoms with Crippen molar-refractivity contribution in [3.05, 3.63) is 0 Å². The predicted molar refractivity (Wildman–Crippen MR) is 57.3 cm³/mol. The Morgan fingerprint density at radius 1 is 1.64 bits per heavy atom. The van der Waals surface area contributed by atoms with Gasteiger partial charge in [0.15, 0.2) is 0 Å². The lowest BCUT2D eigenvalue weighted by Crippen LogP contribution is -2.32. The second-order valence-electron chi connectivity index (χ2n) is 3.39. The number of carbonyl (C=O) groups is 2. The van der Waals surface area contributed by atoms with Gasteiger partial charge < -0.3 is 5.32 Å². The third-order valence-corrected chi connectivity index (χ3v) is 2.63. The molecule has 80 valence electrons. The normalized spacial score (nSPS) is 23.1. The molecule has 1 rings (SSSR count). The van der Waals surface area contributed by atoms with E-state index in [1.165, 1.54) is 4.90 Å². The number of imide groups is 1. The number of amides is 2. The largest absolute Gasteiger partial charge is 0.320 e. The summed E-state index contributed by atoms with van der Waals surface area (Å²) in [6.07, 6.45) is 1.97. The molecular formula is C9H16N2O2S. The lowest BCUT2D eigenvalue weighted by atomic mass is 10.3. The quantitative estimate of drug-likeness (QED) is 0.375. The van der Waals surface area contributed by atoms with Gasteiger partial charge >= 0.3 is 0 Å². The maximum atomic E-state index is 11.6. The Morgan fingerprint density at radius 3 is 3.00 bits per heavy atom. The number of likely N-dealkylation sites (tertiary alicyclic amines) is 1. The van der Waals surface area contributed by atoms with Crippen LogP contribution in [0.4, 0.5) is 0 Å². The molecule has 1 N–H and O–H groups in total. The zero-order valence-corrected chi connectivity index (χ0v) is 9.10. The van der Waals surface area contributed by atoms with E-state index in [0.29, 0.717) is 6.54 Å². The lowest BCUT2D eigenvalue weighted by molar-refractivity contribution is -0.138. The fraction of sp³-hybridized carbons (Fsp3) is 0.778. The summed E-state index contributed by atoms with van der Waals surface area (Å²) >= 11 is 0.717. The summed E-state index contributed by atoms with van der Waals surface area (Å²) in [5.74, 6) is -0.321. The highest BCUT2D eigenvalue weighted by atomic mass is 32.1. The van der Waals surface area contributed by atoms with E-state index in [0.717, 1.165) is 31.9 Å². The zero-order chi connectivity index (χ0) is 11.3. The second kappa shape index (κ2) is 5.36. The van der Waals surface area contributed by atoms with Crippen LogP contribution in [0.2, 0.25) is 0 Å². The number of carbonyl (C=O) groups excluding carboxylic acids is 2. The molecule has 0 saturated carbocycles. The molecule has 1 aliphatic rings. The molecule has 4 nitrogen and oxygen atoms in total. The van der Waals surface area contributed by atoms with Crippen LogP contribution in [0.25, 0.3) is 0 Å². The first-order chi connectivity index (χ1) is 7.20. The number of nitrogens with one attached hydrogen (secondary N) is 1. The maximum Gasteiger partial charge on any atom is 0.242 e. The minimum Gasteiger partial charge on any atom is -0.320 e. The van der Waals surface area contributed by atoms with Crippen molar-refractivity contribution < 1.29 is 9.59 Å². The van der Waals surface area contributed by atoms with Crippen LogP contribution in [0.1, 0.15) is 19.3 Å². The molecule has 0 aromatic carbocycles.